The maximum Gasteiger partial charge on any atom is 0.274 e. The minimum absolute atomic E-state index is 0.0197. The van der Waals surface area contributed by atoms with E-state index in [0.717, 1.165) is 33.9 Å². The van der Waals surface area contributed by atoms with Crippen LogP contribution in [-0.4, -0.2) is 22.4 Å². The highest BCUT2D eigenvalue weighted by atomic mass is 16.2. The Morgan fingerprint density at radius 1 is 1.04 bits per heavy atom. The zero-order valence-corrected chi connectivity index (χ0v) is 15.0. The van der Waals surface area contributed by atoms with Gasteiger partial charge in [-0.3, -0.25) is 9.78 Å². The van der Waals surface area contributed by atoms with E-state index in [1.54, 1.807) is 6.20 Å². The molecule has 0 saturated carbocycles. The van der Waals surface area contributed by atoms with Crippen molar-refractivity contribution in [3.63, 3.8) is 0 Å². The molecule has 0 bridgehead atoms. The molecule has 0 aliphatic carbocycles. The maximum atomic E-state index is 13.2. The van der Waals surface area contributed by atoms with Gasteiger partial charge in [0.15, 0.2) is 0 Å². The maximum absolute atomic E-state index is 13.2. The van der Waals surface area contributed by atoms with Gasteiger partial charge < -0.3 is 9.88 Å². The van der Waals surface area contributed by atoms with E-state index in [0.29, 0.717) is 12.2 Å². The summed E-state index contributed by atoms with van der Waals surface area (Å²) in [4.78, 5) is 22.8. The first kappa shape index (κ1) is 16.3. The molecule has 0 atom stereocenters. The molecule has 1 amide bonds. The number of anilines is 1. The molecule has 0 saturated heterocycles. The van der Waals surface area contributed by atoms with Crippen LogP contribution in [0.2, 0.25) is 0 Å². The normalized spacial score (nSPS) is 11.2. The summed E-state index contributed by atoms with van der Waals surface area (Å²) in [5.74, 6) is -0.0197. The first-order valence-corrected chi connectivity index (χ1v) is 8.99. The molecular formula is C22H21N3O. The minimum atomic E-state index is -0.0197. The number of amides is 1. The summed E-state index contributed by atoms with van der Waals surface area (Å²) >= 11 is 0. The Hall–Kier alpha value is -3.14. The number of fused-ring (bicyclic) bond motifs is 3. The van der Waals surface area contributed by atoms with Crippen LogP contribution in [-0.2, 0) is 6.42 Å². The smallest absolute Gasteiger partial charge is 0.274 e. The zero-order valence-electron chi connectivity index (χ0n) is 15.0. The lowest BCUT2D eigenvalue weighted by molar-refractivity contribution is 0.0984. The standard InChI is InChI=1S/C22H21N3O/c1-3-15-8-5-6-10-19(15)25(4-2)22(26)18-14-17-12-11-16-9-7-13-23-20(16)21(17)24-18/h5-14,24H,3-4H2,1-2H3. The first-order chi connectivity index (χ1) is 12.7. The number of aromatic amines is 1. The van der Waals surface area contributed by atoms with Gasteiger partial charge in [0.2, 0.25) is 0 Å². The molecule has 1 N–H and O–H groups in total. The molecule has 0 aliphatic heterocycles. The highest BCUT2D eigenvalue weighted by Crippen LogP contribution is 2.27. The summed E-state index contributed by atoms with van der Waals surface area (Å²) in [6, 6.07) is 18.0. The second-order valence-corrected chi connectivity index (χ2v) is 6.32. The molecule has 0 spiro atoms. The number of H-pyrrole nitrogens is 1. The molecule has 130 valence electrons. The van der Waals surface area contributed by atoms with Crippen LogP contribution in [0.5, 0.6) is 0 Å². The molecule has 0 radical (unpaired) electrons. The predicted octanol–water partition coefficient (Wildman–Crippen LogP) is 4.95. The van der Waals surface area contributed by atoms with E-state index in [1.165, 1.54) is 5.56 Å². The highest BCUT2D eigenvalue weighted by molar-refractivity contribution is 6.11. The molecule has 2 aromatic carbocycles. The Kier molecular flexibility index (Phi) is 4.17. The summed E-state index contributed by atoms with van der Waals surface area (Å²) in [6.45, 7) is 4.73. The third-order valence-electron chi connectivity index (χ3n) is 4.82. The Balaban J connectivity index is 1.81. The van der Waals surface area contributed by atoms with Crippen molar-refractivity contribution in [3.8, 4) is 0 Å². The second kappa shape index (κ2) is 6.64. The summed E-state index contributed by atoms with van der Waals surface area (Å²) < 4.78 is 0. The van der Waals surface area contributed by atoms with Crippen LogP contribution in [0.15, 0.2) is 60.8 Å². The average molecular weight is 343 g/mol. The average Bonchev–Trinajstić information content (AvgIpc) is 3.14. The number of hydrogen-bond acceptors (Lipinski definition) is 2. The number of pyridine rings is 1. The molecule has 4 rings (SSSR count). The van der Waals surface area contributed by atoms with Gasteiger partial charge in [-0.15, -0.1) is 0 Å². The lowest BCUT2D eigenvalue weighted by atomic mass is 10.1. The fourth-order valence-electron chi connectivity index (χ4n) is 3.50. The van der Waals surface area contributed by atoms with Gasteiger partial charge in [-0.2, -0.15) is 0 Å². The fraction of sp³-hybridized carbons (Fsp3) is 0.182. The van der Waals surface area contributed by atoms with Crippen LogP contribution in [0.1, 0.15) is 29.9 Å². The van der Waals surface area contributed by atoms with Crippen LogP contribution < -0.4 is 4.90 Å². The Morgan fingerprint density at radius 3 is 2.65 bits per heavy atom. The number of nitrogens with one attached hydrogen (secondary N) is 1. The Bertz CT molecular complexity index is 1100. The Labute approximate surface area is 152 Å². The van der Waals surface area contributed by atoms with Crippen molar-refractivity contribution < 1.29 is 4.79 Å². The van der Waals surface area contributed by atoms with Gasteiger partial charge in [0.25, 0.3) is 5.91 Å². The second-order valence-electron chi connectivity index (χ2n) is 6.32. The zero-order chi connectivity index (χ0) is 18.1. The van der Waals surface area contributed by atoms with E-state index in [-0.39, 0.29) is 5.91 Å². The van der Waals surface area contributed by atoms with Gasteiger partial charge >= 0.3 is 0 Å². The van der Waals surface area contributed by atoms with E-state index in [4.69, 9.17) is 0 Å². The molecule has 0 aliphatic rings. The fourth-order valence-corrected chi connectivity index (χ4v) is 3.50. The molecule has 0 fully saturated rings. The van der Waals surface area contributed by atoms with Crippen molar-refractivity contribution in [1.29, 1.82) is 0 Å². The molecule has 4 heteroatoms. The lowest BCUT2D eigenvalue weighted by Gasteiger charge is -2.23. The number of aryl methyl sites for hydroxylation is 1. The van der Waals surface area contributed by atoms with Crippen molar-refractivity contribution in [3.05, 3.63) is 72.1 Å². The Morgan fingerprint density at radius 2 is 1.85 bits per heavy atom. The lowest BCUT2D eigenvalue weighted by Crippen LogP contribution is -2.31. The third kappa shape index (κ3) is 2.64. The van der Waals surface area contributed by atoms with E-state index in [2.05, 4.69) is 23.0 Å². The van der Waals surface area contributed by atoms with Crippen molar-refractivity contribution in [2.45, 2.75) is 20.3 Å². The third-order valence-corrected chi connectivity index (χ3v) is 4.82. The van der Waals surface area contributed by atoms with Crippen LogP contribution >= 0.6 is 0 Å². The molecule has 0 unspecified atom stereocenters. The van der Waals surface area contributed by atoms with Crippen molar-refractivity contribution in [1.82, 2.24) is 9.97 Å². The van der Waals surface area contributed by atoms with Crippen LogP contribution in [0.4, 0.5) is 5.69 Å². The van der Waals surface area contributed by atoms with Crippen molar-refractivity contribution in [2.24, 2.45) is 0 Å². The number of nitrogens with zero attached hydrogens (tertiary/aromatic N) is 2. The largest absolute Gasteiger partial charge is 0.349 e. The predicted molar refractivity (Wildman–Crippen MR) is 107 cm³/mol. The van der Waals surface area contributed by atoms with E-state index in [1.807, 2.05) is 60.4 Å². The molecule has 2 heterocycles. The van der Waals surface area contributed by atoms with E-state index < -0.39 is 0 Å². The van der Waals surface area contributed by atoms with Crippen molar-refractivity contribution >= 4 is 33.4 Å². The van der Waals surface area contributed by atoms with Crippen molar-refractivity contribution in [2.75, 3.05) is 11.4 Å². The summed E-state index contributed by atoms with van der Waals surface area (Å²) in [6.07, 6.45) is 2.67. The SMILES string of the molecule is CCc1ccccc1N(CC)C(=O)c1cc2ccc3cccnc3c2[nH]1. The number of hydrogen-bond donors (Lipinski definition) is 1. The van der Waals surface area contributed by atoms with E-state index >= 15 is 0 Å². The molecular weight excluding hydrogens is 322 g/mol. The number of para-hydroxylation sites is 1. The summed E-state index contributed by atoms with van der Waals surface area (Å²) in [5, 5.41) is 2.06. The monoisotopic (exact) mass is 343 g/mol. The first-order valence-electron chi connectivity index (χ1n) is 8.99. The number of carbonyl (C=O) groups is 1. The van der Waals surface area contributed by atoms with Gasteiger partial charge in [0.1, 0.15) is 5.69 Å². The van der Waals surface area contributed by atoms with Gasteiger partial charge in [-0.05, 0) is 37.1 Å². The summed E-state index contributed by atoms with van der Waals surface area (Å²) in [5.41, 5.74) is 4.54. The van der Waals surface area contributed by atoms with Gasteiger partial charge in [0, 0.05) is 29.2 Å². The number of benzene rings is 2. The number of carbonyl (C=O) groups excluding carboxylic acids is 1. The minimum Gasteiger partial charge on any atom is -0.349 e. The van der Waals surface area contributed by atoms with Gasteiger partial charge in [-0.25, -0.2) is 0 Å². The molecule has 2 aromatic heterocycles. The molecule has 26 heavy (non-hydrogen) atoms. The molecule has 4 aromatic rings. The number of rotatable bonds is 4. The van der Waals surface area contributed by atoms with Crippen LogP contribution in [0, 0.1) is 0 Å². The molecule has 4 nitrogen and oxygen atoms in total. The van der Waals surface area contributed by atoms with E-state index in [9.17, 15) is 4.79 Å². The van der Waals surface area contributed by atoms with Gasteiger partial charge in [0.05, 0.1) is 11.0 Å². The van der Waals surface area contributed by atoms with Crippen LogP contribution in [0.3, 0.4) is 0 Å². The number of aromatic nitrogens is 2. The highest BCUT2D eigenvalue weighted by Gasteiger charge is 2.20. The topological polar surface area (TPSA) is 49.0 Å². The van der Waals surface area contributed by atoms with Gasteiger partial charge in [-0.1, -0.05) is 43.3 Å². The summed E-state index contributed by atoms with van der Waals surface area (Å²) in [7, 11) is 0. The quantitative estimate of drug-likeness (QED) is 0.570. The van der Waals surface area contributed by atoms with Crippen LogP contribution in [0.25, 0.3) is 21.8 Å².